The Hall–Kier alpha value is -1.99. The van der Waals surface area contributed by atoms with Gasteiger partial charge in [-0.3, -0.25) is 4.79 Å². The average Bonchev–Trinajstić information content (AvgIpc) is 2.69. The van der Waals surface area contributed by atoms with Crippen molar-refractivity contribution in [3.63, 3.8) is 0 Å². The lowest BCUT2D eigenvalue weighted by Crippen LogP contribution is -2.42. The highest BCUT2D eigenvalue weighted by molar-refractivity contribution is 7.89. The van der Waals surface area contributed by atoms with Gasteiger partial charge in [0, 0.05) is 23.7 Å². The summed E-state index contributed by atoms with van der Waals surface area (Å²) in [5.74, 6) is 0. The zero-order valence-corrected chi connectivity index (χ0v) is 17.3. The standard InChI is InChI=1S/C21H27N3O3S/c1-14-10-11-16(20-17-8-3-4-9-18(17)21(25)23-22-20)13-19(14)28(26,27)24-12-6-5-7-15(24)2/h10-11,13,15H,3-9,12H2,1-2H3,(H,23,25)/t15-/m0/s1. The predicted molar refractivity (Wildman–Crippen MR) is 109 cm³/mol. The first-order valence-electron chi connectivity index (χ1n) is 10.1. The molecule has 7 heteroatoms. The molecule has 2 aromatic rings. The van der Waals surface area contributed by atoms with Crippen LogP contribution in [0.3, 0.4) is 0 Å². The summed E-state index contributed by atoms with van der Waals surface area (Å²) in [7, 11) is -3.57. The number of H-pyrrole nitrogens is 1. The molecule has 2 heterocycles. The van der Waals surface area contributed by atoms with Crippen molar-refractivity contribution in [2.45, 2.75) is 69.7 Å². The molecule has 0 bridgehead atoms. The quantitative estimate of drug-likeness (QED) is 0.856. The third-order valence-electron chi connectivity index (χ3n) is 6.09. The summed E-state index contributed by atoms with van der Waals surface area (Å²) in [6.07, 6.45) is 6.44. The maximum Gasteiger partial charge on any atom is 0.267 e. The third-order valence-corrected chi connectivity index (χ3v) is 8.24. The molecule has 1 aromatic heterocycles. The highest BCUT2D eigenvalue weighted by Gasteiger charge is 2.32. The fourth-order valence-corrected chi connectivity index (χ4v) is 6.43. The van der Waals surface area contributed by atoms with E-state index < -0.39 is 10.0 Å². The first-order chi connectivity index (χ1) is 13.4. The summed E-state index contributed by atoms with van der Waals surface area (Å²) in [5, 5.41) is 6.90. The third kappa shape index (κ3) is 3.31. The van der Waals surface area contributed by atoms with E-state index >= 15 is 0 Å². The minimum atomic E-state index is -3.57. The minimum Gasteiger partial charge on any atom is -0.268 e. The maximum atomic E-state index is 13.4. The van der Waals surface area contributed by atoms with E-state index in [0.29, 0.717) is 17.1 Å². The number of piperidine rings is 1. The Morgan fingerprint density at radius 1 is 1.11 bits per heavy atom. The largest absolute Gasteiger partial charge is 0.268 e. The summed E-state index contributed by atoms with van der Waals surface area (Å²) >= 11 is 0. The highest BCUT2D eigenvalue weighted by atomic mass is 32.2. The van der Waals surface area contributed by atoms with Gasteiger partial charge in [-0.2, -0.15) is 9.40 Å². The van der Waals surface area contributed by atoms with Crippen LogP contribution in [0.5, 0.6) is 0 Å². The lowest BCUT2D eigenvalue weighted by Gasteiger charge is -2.32. The molecule has 1 atom stereocenters. The second-order valence-corrected chi connectivity index (χ2v) is 9.87. The molecule has 150 valence electrons. The summed E-state index contributed by atoms with van der Waals surface area (Å²) in [5.41, 5.74) is 3.83. The van der Waals surface area contributed by atoms with Gasteiger partial charge in [-0.15, -0.1) is 0 Å². The Morgan fingerprint density at radius 2 is 1.86 bits per heavy atom. The van der Waals surface area contributed by atoms with Crippen LogP contribution in [-0.2, 0) is 22.9 Å². The number of hydrogen-bond donors (Lipinski definition) is 1. The van der Waals surface area contributed by atoms with E-state index in [9.17, 15) is 13.2 Å². The fraction of sp³-hybridized carbons (Fsp3) is 0.524. The van der Waals surface area contributed by atoms with Crippen LogP contribution >= 0.6 is 0 Å². The molecule has 0 spiro atoms. The number of sulfonamides is 1. The number of aryl methyl sites for hydroxylation is 1. The van der Waals surface area contributed by atoms with E-state index in [-0.39, 0.29) is 11.6 Å². The molecular weight excluding hydrogens is 374 g/mol. The Labute approximate surface area is 166 Å². The zero-order valence-electron chi connectivity index (χ0n) is 16.5. The predicted octanol–water partition coefficient (Wildman–Crippen LogP) is 3.19. The Bertz CT molecular complexity index is 1060. The Morgan fingerprint density at radius 3 is 2.61 bits per heavy atom. The Balaban J connectivity index is 1.82. The monoisotopic (exact) mass is 401 g/mol. The molecule has 1 N–H and O–H groups in total. The molecule has 28 heavy (non-hydrogen) atoms. The van der Waals surface area contributed by atoms with Crippen LogP contribution in [0, 0.1) is 6.92 Å². The van der Waals surface area contributed by atoms with E-state index in [2.05, 4.69) is 10.2 Å². The van der Waals surface area contributed by atoms with Crippen LogP contribution in [0.15, 0.2) is 27.9 Å². The molecule has 0 amide bonds. The molecule has 2 aliphatic rings. The smallest absolute Gasteiger partial charge is 0.267 e. The van der Waals surface area contributed by atoms with Crippen LogP contribution in [-0.4, -0.2) is 35.5 Å². The molecule has 6 nitrogen and oxygen atoms in total. The van der Waals surface area contributed by atoms with E-state index in [1.165, 1.54) is 0 Å². The van der Waals surface area contributed by atoms with Crippen LogP contribution in [0.4, 0.5) is 0 Å². The van der Waals surface area contributed by atoms with Crippen molar-refractivity contribution >= 4 is 10.0 Å². The van der Waals surface area contributed by atoms with Gasteiger partial charge in [-0.1, -0.05) is 18.6 Å². The van der Waals surface area contributed by atoms with E-state index in [0.717, 1.165) is 67.2 Å². The lowest BCUT2D eigenvalue weighted by atomic mass is 9.90. The summed E-state index contributed by atoms with van der Waals surface area (Å²) in [6.45, 7) is 4.39. The highest BCUT2D eigenvalue weighted by Crippen LogP contribution is 2.32. The summed E-state index contributed by atoms with van der Waals surface area (Å²) in [4.78, 5) is 12.5. The van der Waals surface area contributed by atoms with Crippen LogP contribution in [0.1, 0.15) is 55.7 Å². The van der Waals surface area contributed by atoms with Crippen molar-refractivity contribution < 1.29 is 8.42 Å². The van der Waals surface area contributed by atoms with Gasteiger partial charge in [-0.05, 0) is 69.6 Å². The van der Waals surface area contributed by atoms with Crippen LogP contribution < -0.4 is 5.56 Å². The summed E-state index contributed by atoms with van der Waals surface area (Å²) in [6, 6.07) is 5.50. The molecule has 0 unspecified atom stereocenters. The van der Waals surface area contributed by atoms with Crippen LogP contribution in [0.2, 0.25) is 0 Å². The second-order valence-electron chi connectivity index (χ2n) is 8.01. The molecular formula is C21H27N3O3S. The van der Waals surface area contributed by atoms with Crippen molar-refractivity contribution in [3.05, 3.63) is 45.2 Å². The normalized spacial score (nSPS) is 20.7. The molecule has 1 fully saturated rings. The van der Waals surface area contributed by atoms with Gasteiger partial charge >= 0.3 is 0 Å². The number of nitrogens with zero attached hydrogens (tertiary/aromatic N) is 2. The number of aromatic amines is 1. The topological polar surface area (TPSA) is 83.1 Å². The van der Waals surface area contributed by atoms with Gasteiger partial charge in [0.05, 0.1) is 10.6 Å². The average molecular weight is 402 g/mol. The van der Waals surface area contributed by atoms with Gasteiger partial charge in [0.15, 0.2) is 0 Å². The molecule has 1 aliphatic heterocycles. The maximum absolute atomic E-state index is 13.4. The fourth-order valence-electron chi connectivity index (χ4n) is 4.48. The van der Waals surface area contributed by atoms with Gasteiger partial charge in [0.2, 0.25) is 10.0 Å². The second kappa shape index (κ2) is 7.44. The molecule has 0 saturated carbocycles. The van der Waals surface area contributed by atoms with Crippen molar-refractivity contribution in [2.75, 3.05) is 6.54 Å². The summed E-state index contributed by atoms with van der Waals surface area (Å²) < 4.78 is 28.4. The first kappa shape index (κ1) is 19.3. The van der Waals surface area contributed by atoms with Gasteiger partial charge in [0.25, 0.3) is 5.56 Å². The number of rotatable bonds is 3. The van der Waals surface area contributed by atoms with Crippen molar-refractivity contribution in [2.24, 2.45) is 0 Å². The van der Waals surface area contributed by atoms with Crippen LogP contribution in [0.25, 0.3) is 11.3 Å². The molecule has 1 aromatic carbocycles. The van der Waals surface area contributed by atoms with E-state index in [1.54, 1.807) is 10.4 Å². The Kier molecular flexibility index (Phi) is 5.14. The van der Waals surface area contributed by atoms with Crippen molar-refractivity contribution in [1.82, 2.24) is 14.5 Å². The number of fused-ring (bicyclic) bond motifs is 1. The minimum absolute atomic E-state index is 0.0146. The molecule has 4 rings (SSSR count). The number of aromatic nitrogens is 2. The zero-order chi connectivity index (χ0) is 19.9. The van der Waals surface area contributed by atoms with Gasteiger partial charge in [0.1, 0.15) is 0 Å². The van der Waals surface area contributed by atoms with Crippen molar-refractivity contribution in [1.29, 1.82) is 0 Å². The number of hydrogen-bond acceptors (Lipinski definition) is 4. The van der Waals surface area contributed by atoms with Gasteiger partial charge in [-0.25, -0.2) is 13.5 Å². The van der Waals surface area contributed by atoms with Gasteiger partial charge < -0.3 is 0 Å². The SMILES string of the molecule is Cc1ccc(-c2n[nH]c(=O)c3c2CCCC3)cc1S(=O)(=O)N1CCCC[C@@H]1C. The van der Waals surface area contributed by atoms with Crippen molar-refractivity contribution in [3.8, 4) is 11.3 Å². The first-order valence-corrected chi connectivity index (χ1v) is 11.6. The molecule has 0 radical (unpaired) electrons. The molecule has 1 saturated heterocycles. The van der Waals surface area contributed by atoms with E-state index in [1.807, 2.05) is 26.0 Å². The van der Waals surface area contributed by atoms with E-state index in [4.69, 9.17) is 0 Å². The number of nitrogens with one attached hydrogen (secondary N) is 1. The number of benzene rings is 1. The lowest BCUT2D eigenvalue weighted by molar-refractivity contribution is 0.268. The molecule has 1 aliphatic carbocycles.